The van der Waals surface area contributed by atoms with Gasteiger partial charge in [0.25, 0.3) is 5.97 Å². The summed E-state index contributed by atoms with van der Waals surface area (Å²) in [5.74, 6) is -0.527. The quantitative estimate of drug-likeness (QED) is 0.176. The maximum atomic E-state index is 6.08. The van der Waals surface area contributed by atoms with Crippen molar-refractivity contribution in [3.05, 3.63) is 0 Å². The van der Waals surface area contributed by atoms with E-state index in [1.165, 1.54) is 32.1 Å². The lowest BCUT2D eigenvalue weighted by molar-refractivity contribution is -0.406. The summed E-state index contributed by atoms with van der Waals surface area (Å²) in [6.45, 7) is 4.81. The number of methoxy groups -OCH3 is 3. The molecular weight excluding hydrogens is 368 g/mol. The first-order chi connectivity index (χ1) is 13.2. The van der Waals surface area contributed by atoms with Crippen molar-refractivity contribution >= 4 is 12.6 Å². The Morgan fingerprint density at radius 2 is 1.11 bits per heavy atom. The molecule has 0 saturated carbocycles. The summed E-state index contributed by atoms with van der Waals surface area (Å²) in [6, 6.07) is 0. The van der Waals surface area contributed by atoms with E-state index < -0.39 is 5.97 Å². The molecule has 0 aliphatic carbocycles. The summed E-state index contributed by atoms with van der Waals surface area (Å²) in [6.07, 6.45) is 8.37. The lowest BCUT2D eigenvalue weighted by Crippen LogP contribution is -2.49. The van der Waals surface area contributed by atoms with Crippen LogP contribution >= 0.6 is 12.6 Å². The van der Waals surface area contributed by atoms with Gasteiger partial charge in [0.15, 0.2) is 0 Å². The Kier molecular flexibility index (Phi) is 19.5. The molecule has 0 saturated heterocycles. The Balaban J connectivity index is 4.92. The van der Waals surface area contributed by atoms with Gasteiger partial charge in [-0.1, -0.05) is 45.4 Å². The van der Waals surface area contributed by atoms with E-state index in [1.807, 2.05) is 0 Å². The largest absolute Gasteiger partial charge is 0.382 e. The van der Waals surface area contributed by atoms with E-state index in [2.05, 4.69) is 19.6 Å². The fourth-order valence-corrected chi connectivity index (χ4v) is 3.24. The van der Waals surface area contributed by atoms with Gasteiger partial charge in [0, 0.05) is 33.0 Å². The molecule has 0 aliphatic heterocycles. The van der Waals surface area contributed by atoms with Crippen molar-refractivity contribution in [1.82, 2.24) is 0 Å². The van der Waals surface area contributed by atoms with Crippen molar-refractivity contribution in [3.8, 4) is 0 Å². The highest BCUT2D eigenvalue weighted by Crippen LogP contribution is 2.31. The minimum absolute atomic E-state index is 0.0116. The lowest BCUT2D eigenvalue weighted by Gasteiger charge is -2.39. The third-order valence-electron chi connectivity index (χ3n) is 4.40. The van der Waals surface area contributed by atoms with Crippen LogP contribution in [0.4, 0.5) is 0 Å². The van der Waals surface area contributed by atoms with Gasteiger partial charge in [-0.2, -0.15) is 12.6 Å². The molecular formula is C20H42O6S. The maximum Gasteiger partial charge on any atom is 0.286 e. The highest BCUT2D eigenvalue weighted by molar-refractivity contribution is 7.80. The standard InChI is InChI=1S/C20H42O6S/c1-5-6-7-8-9-10-11-19(18-27)20(24-15-12-21-2,25-16-13-22-3)26-17-14-23-4/h19,27H,5-18H2,1-4H3. The molecule has 0 spiro atoms. The predicted molar refractivity (Wildman–Crippen MR) is 112 cm³/mol. The van der Waals surface area contributed by atoms with E-state index in [1.54, 1.807) is 21.3 Å². The molecule has 0 heterocycles. The Hall–Kier alpha value is 0.110. The number of unbranched alkanes of at least 4 members (excludes halogenated alkanes) is 5. The summed E-state index contributed by atoms with van der Waals surface area (Å²) in [4.78, 5) is 0. The van der Waals surface area contributed by atoms with E-state index in [9.17, 15) is 0 Å². The summed E-state index contributed by atoms with van der Waals surface area (Å²) < 4.78 is 33.6. The second-order valence-corrected chi connectivity index (χ2v) is 6.93. The second-order valence-electron chi connectivity index (χ2n) is 6.56. The van der Waals surface area contributed by atoms with Crippen LogP contribution in [0.5, 0.6) is 0 Å². The first-order valence-corrected chi connectivity index (χ1v) is 10.8. The van der Waals surface area contributed by atoms with Crippen molar-refractivity contribution in [1.29, 1.82) is 0 Å². The van der Waals surface area contributed by atoms with Crippen LogP contribution in [-0.2, 0) is 28.4 Å². The van der Waals surface area contributed by atoms with Gasteiger partial charge in [0.2, 0.25) is 0 Å². The maximum absolute atomic E-state index is 6.08. The molecule has 0 amide bonds. The van der Waals surface area contributed by atoms with Crippen molar-refractivity contribution in [2.45, 2.75) is 57.8 Å². The summed E-state index contributed by atoms with van der Waals surface area (Å²) in [5.41, 5.74) is 0. The predicted octanol–water partition coefficient (Wildman–Crippen LogP) is 3.93. The van der Waals surface area contributed by atoms with E-state index >= 15 is 0 Å². The van der Waals surface area contributed by atoms with Gasteiger partial charge in [-0.3, -0.25) is 0 Å². The van der Waals surface area contributed by atoms with Gasteiger partial charge < -0.3 is 28.4 Å². The zero-order valence-corrected chi connectivity index (χ0v) is 18.8. The monoisotopic (exact) mass is 410 g/mol. The number of rotatable bonds is 21. The molecule has 0 bridgehead atoms. The van der Waals surface area contributed by atoms with Gasteiger partial charge in [0.1, 0.15) is 0 Å². The molecule has 1 unspecified atom stereocenters. The van der Waals surface area contributed by atoms with Crippen LogP contribution < -0.4 is 0 Å². The third kappa shape index (κ3) is 13.0. The van der Waals surface area contributed by atoms with Crippen LogP contribution in [0.25, 0.3) is 0 Å². The van der Waals surface area contributed by atoms with Crippen LogP contribution in [0.15, 0.2) is 0 Å². The molecule has 27 heavy (non-hydrogen) atoms. The van der Waals surface area contributed by atoms with Crippen molar-refractivity contribution in [2.75, 3.05) is 66.7 Å². The Bertz CT molecular complexity index is 280. The summed E-state index contributed by atoms with van der Waals surface area (Å²) in [7, 11) is 4.94. The van der Waals surface area contributed by atoms with Crippen molar-refractivity contribution < 1.29 is 28.4 Å². The van der Waals surface area contributed by atoms with Crippen LogP contribution in [0.1, 0.15) is 51.9 Å². The van der Waals surface area contributed by atoms with Crippen LogP contribution in [-0.4, -0.2) is 72.7 Å². The van der Waals surface area contributed by atoms with E-state index in [4.69, 9.17) is 28.4 Å². The van der Waals surface area contributed by atoms with Crippen molar-refractivity contribution in [2.24, 2.45) is 5.92 Å². The smallest absolute Gasteiger partial charge is 0.286 e. The Morgan fingerprint density at radius 3 is 1.52 bits per heavy atom. The molecule has 7 heteroatoms. The number of hydrogen-bond acceptors (Lipinski definition) is 7. The molecule has 164 valence electrons. The van der Waals surface area contributed by atoms with E-state index in [0.29, 0.717) is 45.4 Å². The summed E-state index contributed by atoms with van der Waals surface area (Å²) >= 11 is 4.57. The average Bonchev–Trinajstić information content (AvgIpc) is 2.67. The van der Waals surface area contributed by atoms with Gasteiger partial charge in [-0.15, -0.1) is 0 Å². The average molecular weight is 411 g/mol. The fraction of sp³-hybridized carbons (Fsp3) is 1.00. The Morgan fingerprint density at radius 1 is 0.667 bits per heavy atom. The molecule has 0 aliphatic rings. The highest BCUT2D eigenvalue weighted by Gasteiger charge is 2.42. The molecule has 0 aromatic rings. The number of thiol groups is 1. The SMILES string of the molecule is CCCCCCCCC(CS)C(OCCOC)(OCCOC)OCCOC. The van der Waals surface area contributed by atoms with Gasteiger partial charge in [-0.05, 0) is 6.42 Å². The van der Waals surface area contributed by atoms with Gasteiger partial charge >= 0.3 is 0 Å². The molecule has 0 aromatic heterocycles. The minimum atomic E-state index is -1.15. The normalized spacial score (nSPS) is 13.2. The molecule has 0 radical (unpaired) electrons. The summed E-state index contributed by atoms with van der Waals surface area (Å²) in [5, 5.41) is 0. The third-order valence-corrected chi connectivity index (χ3v) is 4.84. The molecule has 6 nitrogen and oxygen atoms in total. The first kappa shape index (κ1) is 27.1. The molecule has 0 fully saturated rings. The topological polar surface area (TPSA) is 55.4 Å². The van der Waals surface area contributed by atoms with E-state index in [0.717, 1.165) is 12.8 Å². The zero-order chi connectivity index (χ0) is 20.2. The fourth-order valence-electron chi connectivity index (χ4n) is 2.83. The molecule has 0 aromatic carbocycles. The Labute approximate surface area is 172 Å². The van der Waals surface area contributed by atoms with Gasteiger partial charge in [0.05, 0.1) is 39.6 Å². The second kappa shape index (κ2) is 19.4. The highest BCUT2D eigenvalue weighted by atomic mass is 32.1. The van der Waals surface area contributed by atoms with Crippen LogP contribution in [0.3, 0.4) is 0 Å². The van der Waals surface area contributed by atoms with Gasteiger partial charge in [-0.25, -0.2) is 0 Å². The first-order valence-electron chi connectivity index (χ1n) is 10.2. The lowest BCUT2D eigenvalue weighted by atomic mass is 9.99. The van der Waals surface area contributed by atoms with Crippen LogP contribution in [0, 0.1) is 5.92 Å². The zero-order valence-electron chi connectivity index (χ0n) is 17.9. The molecule has 0 N–H and O–H groups in total. The number of hydrogen-bond donors (Lipinski definition) is 1. The minimum Gasteiger partial charge on any atom is -0.382 e. The van der Waals surface area contributed by atoms with Crippen molar-refractivity contribution in [3.63, 3.8) is 0 Å². The number of ether oxygens (including phenoxy) is 6. The molecule has 1 atom stereocenters. The van der Waals surface area contributed by atoms with E-state index in [-0.39, 0.29) is 5.92 Å². The molecule has 0 rings (SSSR count). The van der Waals surface area contributed by atoms with Crippen LogP contribution in [0.2, 0.25) is 0 Å².